The van der Waals surface area contributed by atoms with Crippen molar-refractivity contribution in [1.82, 2.24) is 0 Å². The lowest BCUT2D eigenvalue weighted by Crippen LogP contribution is -2.33. The molecule has 1 N–H and O–H groups in total. The van der Waals surface area contributed by atoms with Crippen molar-refractivity contribution in [3.8, 4) is 5.75 Å². The third kappa shape index (κ3) is 7.76. The number of nitrogens with zero attached hydrogens (tertiary/aromatic N) is 1. The van der Waals surface area contributed by atoms with Crippen molar-refractivity contribution in [3.63, 3.8) is 0 Å². The molecule has 4 aromatic carbocycles. The molecule has 5 rings (SSSR count). The van der Waals surface area contributed by atoms with Crippen LogP contribution in [0.1, 0.15) is 34.3 Å². The molecule has 1 aliphatic rings. The number of rotatable bonds is 14. The number of hydrogen-bond donors (Lipinski definition) is 1. The zero-order valence-corrected chi connectivity index (χ0v) is 23.4. The number of carbonyl (C=O) groups is 2. The Morgan fingerprint density at radius 2 is 1.51 bits per heavy atom. The van der Waals surface area contributed by atoms with Crippen molar-refractivity contribution < 1.29 is 19.1 Å². The van der Waals surface area contributed by atoms with Gasteiger partial charge in [0.15, 0.2) is 5.78 Å². The lowest BCUT2D eigenvalue weighted by Gasteiger charge is -2.25. The maximum absolute atomic E-state index is 13.2. The van der Waals surface area contributed by atoms with Gasteiger partial charge < -0.3 is 19.7 Å². The monoisotopic (exact) mass is 548 g/mol. The largest absolute Gasteiger partial charge is 0.492 e. The minimum atomic E-state index is -0.668. The summed E-state index contributed by atoms with van der Waals surface area (Å²) in [6.45, 7) is 2.46. The first-order chi connectivity index (χ1) is 20.1. The van der Waals surface area contributed by atoms with Gasteiger partial charge in [-0.15, -0.1) is 0 Å². The van der Waals surface area contributed by atoms with Gasteiger partial charge in [-0.05, 0) is 60.7 Å². The molecule has 0 saturated heterocycles. The molecule has 6 heteroatoms. The quantitative estimate of drug-likeness (QED) is 0.145. The molecule has 0 aliphatic heterocycles. The number of methoxy groups -OCH3 is 1. The molecular weight excluding hydrogens is 512 g/mol. The van der Waals surface area contributed by atoms with Crippen LogP contribution in [0.5, 0.6) is 5.75 Å². The number of benzene rings is 4. The van der Waals surface area contributed by atoms with E-state index in [4.69, 9.17) is 9.47 Å². The Morgan fingerprint density at radius 1 is 0.854 bits per heavy atom. The van der Waals surface area contributed by atoms with Gasteiger partial charge in [-0.2, -0.15) is 0 Å². The van der Waals surface area contributed by atoms with Gasteiger partial charge >= 0.3 is 5.97 Å². The second-order valence-electron chi connectivity index (χ2n) is 10.4. The number of ketones is 1. The number of nitrogens with one attached hydrogen (secondary N) is 1. The van der Waals surface area contributed by atoms with Gasteiger partial charge in [0, 0.05) is 35.5 Å². The number of para-hydroxylation sites is 2. The van der Waals surface area contributed by atoms with Crippen LogP contribution < -0.4 is 15.0 Å². The van der Waals surface area contributed by atoms with Gasteiger partial charge in [0.1, 0.15) is 18.4 Å². The summed E-state index contributed by atoms with van der Waals surface area (Å²) in [5, 5.41) is 3.26. The Balaban J connectivity index is 1.21. The minimum Gasteiger partial charge on any atom is -0.492 e. The topological polar surface area (TPSA) is 67.9 Å². The highest BCUT2D eigenvalue weighted by molar-refractivity contribution is 6.12. The van der Waals surface area contributed by atoms with Crippen molar-refractivity contribution in [1.29, 1.82) is 0 Å². The summed E-state index contributed by atoms with van der Waals surface area (Å²) in [6, 6.07) is 34.0. The summed E-state index contributed by atoms with van der Waals surface area (Å²) in [7, 11) is 1.37. The van der Waals surface area contributed by atoms with Crippen molar-refractivity contribution in [2.45, 2.75) is 25.3 Å². The first kappa shape index (κ1) is 28.0. The van der Waals surface area contributed by atoms with Gasteiger partial charge in [0.05, 0.1) is 13.7 Å². The molecule has 0 amide bonds. The predicted octanol–water partition coefficient (Wildman–Crippen LogP) is 6.41. The van der Waals surface area contributed by atoms with Crippen LogP contribution in [0.15, 0.2) is 109 Å². The molecule has 1 saturated carbocycles. The molecule has 6 nitrogen and oxygen atoms in total. The summed E-state index contributed by atoms with van der Waals surface area (Å²) in [5.74, 6) is 1.06. The first-order valence-corrected chi connectivity index (χ1v) is 14.2. The fourth-order valence-electron chi connectivity index (χ4n) is 4.88. The highest BCUT2D eigenvalue weighted by Crippen LogP contribution is 2.31. The van der Waals surface area contributed by atoms with Crippen LogP contribution in [0, 0.1) is 5.92 Å². The number of hydrogen-bond acceptors (Lipinski definition) is 6. The fourth-order valence-corrected chi connectivity index (χ4v) is 4.88. The Morgan fingerprint density at radius 3 is 2.20 bits per heavy atom. The van der Waals surface area contributed by atoms with Crippen LogP contribution in [0.4, 0.5) is 11.4 Å². The standard InChI is InChI=1S/C35H36N2O4/c1-40-35(39)33(36-32-15-9-8-14-31(32)34(38)28-10-4-2-5-11-28)24-26-18-20-30(21-19-26)41-23-22-37(25-27-16-17-27)29-12-6-3-7-13-29/h2-15,18-21,27,33,36H,16-17,22-25H2,1H3/t33-/m0/s1. The number of ether oxygens (including phenoxy) is 2. The predicted molar refractivity (Wildman–Crippen MR) is 163 cm³/mol. The number of esters is 1. The van der Waals surface area contributed by atoms with E-state index in [0.717, 1.165) is 30.3 Å². The van der Waals surface area contributed by atoms with Crippen LogP contribution in [-0.4, -0.2) is 44.6 Å². The van der Waals surface area contributed by atoms with E-state index in [1.165, 1.54) is 25.6 Å². The molecule has 0 unspecified atom stereocenters. The van der Waals surface area contributed by atoms with Gasteiger partial charge in [0.2, 0.25) is 0 Å². The second-order valence-corrected chi connectivity index (χ2v) is 10.4. The van der Waals surface area contributed by atoms with Crippen LogP contribution in [-0.2, 0) is 16.0 Å². The van der Waals surface area contributed by atoms with Gasteiger partial charge in [0.25, 0.3) is 0 Å². The van der Waals surface area contributed by atoms with Crippen molar-refractivity contribution in [2.75, 3.05) is 37.0 Å². The third-order valence-corrected chi connectivity index (χ3v) is 7.31. The highest BCUT2D eigenvalue weighted by Gasteiger charge is 2.25. The minimum absolute atomic E-state index is 0.109. The van der Waals surface area contributed by atoms with Crippen LogP contribution in [0.3, 0.4) is 0 Å². The Labute approximate surface area is 241 Å². The Bertz CT molecular complexity index is 1420. The maximum atomic E-state index is 13.2. The van der Waals surface area contributed by atoms with Crippen molar-refractivity contribution >= 4 is 23.1 Å². The molecule has 0 heterocycles. The third-order valence-electron chi connectivity index (χ3n) is 7.31. The Kier molecular flexibility index (Phi) is 9.32. The lowest BCUT2D eigenvalue weighted by molar-refractivity contribution is -0.141. The molecule has 4 aromatic rings. The average molecular weight is 549 g/mol. The van der Waals surface area contributed by atoms with E-state index >= 15 is 0 Å². The molecule has 1 atom stereocenters. The first-order valence-electron chi connectivity index (χ1n) is 14.2. The molecule has 0 radical (unpaired) electrons. The average Bonchev–Trinajstić information content (AvgIpc) is 3.85. The van der Waals surface area contributed by atoms with E-state index in [9.17, 15) is 9.59 Å². The summed E-state index contributed by atoms with van der Waals surface area (Å²) in [5.41, 5.74) is 3.86. The summed E-state index contributed by atoms with van der Waals surface area (Å²) < 4.78 is 11.2. The normalized spacial score (nSPS) is 13.2. The summed E-state index contributed by atoms with van der Waals surface area (Å²) in [4.78, 5) is 28.3. The number of anilines is 2. The van der Waals surface area contributed by atoms with E-state index in [0.29, 0.717) is 29.8 Å². The molecule has 0 spiro atoms. The molecule has 0 aromatic heterocycles. The van der Waals surface area contributed by atoms with Crippen LogP contribution in [0.2, 0.25) is 0 Å². The number of carbonyl (C=O) groups excluding carboxylic acids is 2. The van der Waals surface area contributed by atoms with Crippen LogP contribution in [0.25, 0.3) is 0 Å². The zero-order valence-electron chi connectivity index (χ0n) is 23.4. The Hall–Kier alpha value is -4.58. The van der Waals surface area contributed by atoms with E-state index in [2.05, 4.69) is 34.5 Å². The maximum Gasteiger partial charge on any atom is 0.328 e. The molecule has 1 aliphatic carbocycles. The van der Waals surface area contributed by atoms with Crippen molar-refractivity contribution in [2.24, 2.45) is 5.92 Å². The SMILES string of the molecule is COC(=O)[C@H](Cc1ccc(OCCN(CC2CC2)c2ccccc2)cc1)Nc1ccccc1C(=O)c1ccccc1. The molecule has 0 bridgehead atoms. The van der Waals surface area contributed by atoms with E-state index in [1.807, 2.05) is 66.7 Å². The summed E-state index contributed by atoms with van der Waals surface area (Å²) in [6.07, 6.45) is 3.01. The van der Waals surface area contributed by atoms with Crippen molar-refractivity contribution in [3.05, 3.63) is 126 Å². The molecule has 210 valence electrons. The van der Waals surface area contributed by atoms with E-state index in [1.54, 1.807) is 18.2 Å². The summed E-state index contributed by atoms with van der Waals surface area (Å²) >= 11 is 0. The smallest absolute Gasteiger partial charge is 0.328 e. The van der Waals surface area contributed by atoms with E-state index in [-0.39, 0.29) is 5.78 Å². The molecule has 1 fully saturated rings. The lowest BCUT2D eigenvalue weighted by atomic mass is 10.00. The second kappa shape index (κ2) is 13.7. The molecular formula is C35H36N2O4. The van der Waals surface area contributed by atoms with Crippen LogP contribution >= 0.6 is 0 Å². The zero-order chi connectivity index (χ0) is 28.4. The molecule has 41 heavy (non-hydrogen) atoms. The highest BCUT2D eigenvalue weighted by atomic mass is 16.5. The van der Waals surface area contributed by atoms with Gasteiger partial charge in [-0.3, -0.25) is 4.79 Å². The van der Waals surface area contributed by atoms with Gasteiger partial charge in [-0.1, -0.05) is 72.8 Å². The van der Waals surface area contributed by atoms with Gasteiger partial charge in [-0.25, -0.2) is 4.79 Å². The fraction of sp³-hybridized carbons (Fsp3) is 0.257. The van der Waals surface area contributed by atoms with E-state index < -0.39 is 12.0 Å².